The fourth-order valence-electron chi connectivity index (χ4n) is 2.67. The summed E-state index contributed by atoms with van der Waals surface area (Å²) in [5.74, 6) is 1.24. The Bertz CT molecular complexity index is 670. The third kappa shape index (κ3) is 8.55. The van der Waals surface area contributed by atoms with Gasteiger partial charge in [0.15, 0.2) is 11.5 Å². The van der Waals surface area contributed by atoms with Crippen LogP contribution >= 0.6 is 0 Å². The molecule has 0 radical (unpaired) electrons. The minimum Gasteiger partial charge on any atom is -0.504 e. The highest BCUT2D eigenvalue weighted by Crippen LogP contribution is 2.35. The third-order valence-corrected chi connectivity index (χ3v) is 4.78. The molecule has 1 N–H and O–H groups in total. The molecule has 152 valence electrons. The summed E-state index contributed by atoms with van der Waals surface area (Å²) in [5, 5.41) is 10.3. The normalized spacial score (nSPS) is 13.6. The Kier molecular flexibility index (Phi) is 10.1. The molecule has 0 aliphatic carbocycles. The zero-order valence-electron chi connectivity index (χ0n) is 18.3. The molecule has 0 aliphatic rings. The molecular formula is C24H38O3. The zero-order valence-corrected chi connectivity index (χ0v) is 18.3. The molecule has 1 heterocycles. The molecule has 1 rings (SSSR count). The van der Waals surface area contributed by atoms with Crippen molar-refractivity contribution in [3.63, 3.8) is 0 Å². The van der Waals surface area contributed by atoms with E-state index in [2.05, 4.69) is 52.8 Å². The van der Waals surface area contributed by atoms with Crippen LogP contribution in [-0.4, -0.2) is 11.2 Å². The standard InChI is InChI=1S/C24H38O3/c1-8-20(6)26-24-21(7)23(25)22(27-24)16-15-19(5)14-10-13-18(4)12-9-11-17(2)3/h11,13,15,20,25H,8-10,12,14,16H2,1-7H3. The predicted octanol–water partition coefficient (Wildman–Crippen LogP) is 7.43. The van der Waals surface area contributed by atoms with Gasteiger partial charge in [0.05, 0.1) is 11.7 Å². The summed E-state index contributed by atoms with van der Waals surface area (Å²) in [4.78, 5) is 0. The molecule has 1 atom stereocenters. The van der Waals surface area contributed by atoms with Crippen LogP contribution < -0.4 is 4.74 Å². The lowest BCUT2D eigenvalue weighted by molar-refractivity contribution is 0.163. The highest BCUT2D eigenvalue weighted by Gasteiger charge is 2.18. The second kappa shape index (κ2) is 11.7. The minimum absolute atomic E-state index is 0.0751. The molecule has 0 fully saturated rings. The van der Waals surface area contributed by atoms with Crippen LogP contribution in [0.25, 0.3) is 0 Å². The Morgan fingerprint density at radius 2 is 1.63 bits per heavy atom. The Labute approximate surface area is 165 Å². The van der Waals surface area contributed by atoms with E-state index >= 15 is 0 Å². The van der Waals surface area contributed by atoms with E-state index in [4.69, 9.17) is 9.15 Å². The summed E-state index contributed by atoms with van der Waals surface area (Å²) in [7, 11) is 0. The lowest BCUT2D eigenvalue weighted by Crippen LogP contribution is -2.09. The van der Waals surface area contributed by atoms with E-state index in [9.17, 15) is 5.11 Å². The van der Waals surface area contributed by atoms with Crippen molar-refractivity contribution in [2.24, 2.45) is 0 Å². The Morgan fingerprint density at radius 3 is 2.22 bits per heavy atom. The van der Waals surface area contributed by atoms with Crippen LogP contribution in [-0.2, 0) is 6.42 Å². The maximum atomic E-state index is 10.3. The molecule has 3 nitrogen and oxygen atoms in total. The predicted molar refractivity (Wildman–Crippen MR) is 115 cm³/mol. The van der Waals surface area contributed by atoms with E-state index in [-0.39, 0.29) is 11.9 Å². The first-order valence-corrected chi connectivity index (χ1v) is 10.2. The Balaban J connectivity index is 2.54. The van der Waals surface area contributed by atoms with Crippen LogP contribution in [0.3, 0.4) is 0 Å². The van der Waals surface area contributed by atoms with E-state index in [1.54, 1.807) is 0 Å². The number of allylic oxidation sites excluding steroid dienone is 6. The maximum absolute atomic E-state index is 10.3. The molecule has 0 bridgehead atoms. The van der Waals surface area contributed by atoms with Crippen molar-refractivity contribution < 1.29 is 14.3 Å². The molecule has 0 saturated carbocycles. The van der Waals surface area contributed by atoms with E-state index in [1.807, 2.05) is 13.8 Å². The summed E-state index contributed by atoms with van der Waals surface area (Å²) in [5.41, 5.74) is 4.83. The summed E-state index contributed by atoms with van der Waals surface area (Å²) < 4.78 is 11.5. The molecule has 27 heavy (non-hydrogen) atoms. The minimum atomic E-state index is 0.0751. The molecular weight excluding hydrogens is 336 g/mol. The van der Waals surface area contributed by atoms with Crippen molar-refractivity contribution in [1.82, 2.24) is 0 Å². The molecule has 0 amide bonds. The van der Waals surface area contributed by atoms with Gasteiger partial charge in [0.2, 0.25) is 0 Å². The zero-order chi connectivity index (χ0) is 20.4. The van der Waals surface area contributed by atoms with Crippen molar-refractivity contribution in [3.8, 4) is 11.7 Å². The molecule has 1 unspecified atom stereocenters. The highest BCUT2D eigenvalue weighted by molar-refractivity contribution is 5.42. The van der Waals surface area contributed by atoms with Crippen LogP contribution in [0.15, 0.2) is 39.4 Å². The van der Waals surface area contributed by atoms with Gasteiger partial charge in [0.25, 0.3) is 5.95 Å². The Hall–Kier alpha value is -1.90. The van der Waals surface area contributed by atoms with E-state index in [0.717, 1.165) is 32.1 Å². The molecule has 1 aromatic rings. The van der Waals surface area contributed by atoms with Gasteiger partial charge in [-0.3, -0.25) is 0 Å². The summed E-state index contributed by atoms with van der Waals surface area (Å²) in [6.45, 7) is 14.5. The van der Waals surface area contributed by atoms with Gasteiger partial charge in [-0.25, -0.2) is 0 Å². The summed E-state index contributed by atoms with van der Waals surface area (Å²) in [6, 6.07) is 0. The van der Waals surface area contributed by atoms with E-state index < -0.39 is 0 Å². The first kappa shape index (κ1) is 23.1. The molecule has 1 aromatic heterocycles. The van der Waals surface area contributed by atoms with E-state index in [0.29, 0.717) is 23.7 Å². The lowest BCUT2D eigenvalue weighted by Gasteiger charge is -2.09. The number of rotatable bonds is 11. The molecule has 0 aromatic carbocycles. The second-order valence-corrected chi connectivity index (χ2v) is 7.79. The maximum Gasteiger partial charge on any atom is 0.291 e. The second-order valence-electron chi connectivity index (χ2n) is 7.79. The molecule has 0 saturated heterocycles. The number of hydrogen-bond donors (Lipinski definition) is 1. The van der Waals surface area contributed by atoms with Gasteiger partial charge >= 0.3 is 0 Å². The van der Waals surface area contributed by atoms with Gasteiger partial charge in [0, 0.05) is 6.42 Å². The first-order chi connectivity index (χ1) is 12.7. The van der Waals surface area contributed by atoms with Crippen LogP contribution in [0.4, 0.5) is 0 Å². The number of hydrogen-bond acceptors (Lipinski definition) is 3. The molecule has 0 aliphatic heterocycles. The van der Waals surface area contributed by atoms with Gasteiger partial charge < -0.3 is 14.3 Å². The van der Waals surface area contributed by atoms with Crippen molar-refractivity contribution in [3.05, 3.63) is 46.3 Å². The quantitative estimate of drug-likeness (QED) is 0.409. The van der Waals surface area contributed by atoms with Crippen LogP contribution in [0.5, 0.6) is 11.7 Å². The third-order valence-electron chi connectivity index (χ3n) is 4.78. The number of ether oxygens (including phenoxy) is 1. The van der Waals surface area contributed by atoms with Crippen molar-refractivity contribution in [1.29, 1.82) is 0 Å². The summed E-state index contributed by atoms with van der Waals surface area (Å²) >= 11 is 0. The van der Waals surface area contributed by atoms with Crippen molar-refractivity contribution in [2.75, 3.05) is 0 Å². The molecule has 3 heteroatoms. The molecule has 0 spiro atoms. The van der Waals surface area contributed by atoms with Crippen molar-refractivity contribution >= 4 is 0 Å². The monoisotopic (exact) mass is 374 g/mol. The fraction of sp³-hybridized carbons (Fsp3) is 0.583. The number of aromatic hydroxyl groups is 1. The smallest absolute Gasteiger partial charge is 0.291 e. The summed E-state index contributed by atoms with van der Waals surface area (Å²) in [6.07, 6.45) is 12.7. The van der Waals surface area contributed by atoms with E-state index in [1.165, 1.54) is 16.7 Å². The van der Waals surface area contributed by atoms with Gasteiger partial charge in [0.1, 0.15) is 0 Å². The Morgan fingerprint density at radius 1 is 1.04 bits per heavy atom. The van der Waals surface area contributed by atoms with Gasteiger partial charge in [-0.2, -0.15) is 0 Å². The lowest BCUT2D eigenvalue weighted by atomic mass is 10.1. The number of furan rings is 1. The van der Waals surface area contributed by atoms with Gasteiger partial charge in [-0.15, -0.1) is 0 Å². The largest absolute Gasteiger partial charge is 0.504 e. The highest BCUT2D eigenvalue weighted by atomic mass is 16.6. The average Bonchev–Trinajstić information content (AvgIpc) is 2.87. The van der Waals surface area contributed by atoms with Crippen LogP contribution in [0, 0.1) is 6.92 Å². The SMILES string of the molecule is CCC(C)Oc1oc(CC=C(C)CCC=C(C)CCC=C(C)C)c(O)c1C. The average molecular weight is 375 g/mol. The van der Waals surface area contributed by atoms with Crippen molar-refractivity contribution in [2.45, 2.75) is 93.1 Å². The van der Waals surface area contributed by atoms with Crippen LogP contribution in [0.2, 0.25) is 0 Å². The van der Waals surface area contributed by atoms with Crippen LogP contribution in [0.1, 0.15) is 85.0 Å². The fourth-order valence-corrected chi connectivity index (χ4v) is 2.67. The van der Waals surface area contributed by atoms with Gasteiger partial charge in [-0.05, 0) is 73.6 Å². The van der Waals surface area contributed by atoms with Gasteiger partial charge in [-0.1, -0.05) is 41.9 Å². The first-order valence-electron chi connectivity index (χ1n) is 10.2. The topological polar surface area (TPSA) is 42.6 Å².